The van der Waals surface area contributed by atoms with Gasteiger partial charge in [-0.25, -0.2) is 0 Å². The zero-order valence-electron chi connectivity index (χ0n) is 10.3. The number of benzene rings is 1. The summed E-state index contributed by atoms with van der Waals surface area (Å²) in [5.74, 6) is 0.244. The molecule has 19 heavy (non-hydrogen) atoms. The van der Waals surface area contributed by atoms with Crippen LogP contribution >= 0.6 is 15.9 Å². The number of carbonyl (C=O) groups excluding carboxylic acids is 1. The van der Waals surface area contributed by atoms with Crippen molar-refractivity contribution in [2.24, 2.45) is 16.8 Å². The summed E-state index contributed by atoms with van der Waals surface area (Å²) in [7, 11) is 0. The van der Waals surface area contributed by atoms with E-state index in [-0.39, 0.29) is 24.2 Å². The van der Waals surface area contributed by atoms with Crippen LogP contribution in [0.2, 0.25) is 0 Å². The minimum atomic E-state index is -0.357. The highest BCUT2D eigenvalue weighted by molar-refractivity contribution is 9.10. The quantitative estimate of drug-likeness (QED) is 0.333. The third kappa shape index (κ3) is 3.96. The third-order valence-electron chi connectivity index (χ3n) is 3.10. The first-order valence-corrected chi connectivity index (χ1v) is 6.90. The average Bonchev–Trinajstić information content (AvgIpc) is 3.19. The molecular formula is C13H16BrN3O2. The Balaban J connectivity index is 1.96. The number of hydrogen-bond donors (Lipinski definition) is 3. The maximum absolute atomic E-state index is 12.0. The molecule has 4 N–H and O–H groups in total. The van der Waals surface area contributed by atoms with Crippen LogP contribution in [0.3, 0.4) is 0 Å². The molecule has 1 aliphatic carbocycles. The Kier molecular flexibility index (Phi) is 4.42. The fourth-order valence-corrected chi connectivity index (χ4v) is 2.43. The minimum Gasteiger partial charge on any atom is -0.409 e. The van der Waals surface area contributed by atoms with Gasteiger partial charge in [0.15, 0.2) is 5.84 Å². The largest absolute Gasteiger partial charge is 0.409 e. The molecule has 1 aliphatic rings. The molecule has 1 aromatic rings. The molecule has 0 heterocycles. The predicted molar refractivity (Wildman–Crippen MR) is 75.9 cm³/mol. The molecule has 0 aromatic heterocycles. The molecule has 0 bridgehead atoms. The molecule has 6 heteroatoms. The van der Waals surface area contributed by atoms with Gasteiger partial charge in [0, 0.05) is 4.47 Å². The molecular weight excluding hydrogens is 310 g/mol. The highest BCUT2D eigenvalue weighted by Crippen LogP contribution is 2.32. The summed E-state index contributed by atoms with van der Waals surface area (Å²) in [6.45, 7) is 0. The van der Waals surface area contributed by atoms with Gasteiger partial charge in [-0.2, -0.15) is 0 Å². The van der Waals surface area contributed by atoms with E-state index in [1.807, 2.05) is 24.3 Å². The van der Waals surface area contributed by atoms with Crippen LogP contribution in [-0.2, 0) is 11.2 Å². The lowest BCUT2D eigenvalue weighted by molar-refractivity contribution is -0.120. The molecule has 0 aliphatic heterocycles. The number of oxime groups is 1. The van der Waals surface area contributed by atoms with Crippen LogP contribution in [0.5, 0.6) is 0 Å². The van der Waals surface area contributed by atoms with Crippen molar-refractivity contribution in [2.45, 2.75) is 25.3 Å². The number of hydrogen-bond acceptors (Lipinski definition) is 3. The van der Waals surface area contributed by atoms with Crippen molar-refractivity contribution >= 4 is 27.7 Å². The van der Waals surface area contributed by atoms with Crippen LogP contribution in [0.4, 0.5) is 0 Å². The fourth-order valence-electron chi connectivity index (χ4n) is 1.98. The number of nitrogens with two attached hydrogens (primary N) is 1. The van der Waals surface area contributed by atoms with E-state index in [2.05, 4.69) is 26.4 Å². The van der Waals surface area contributed by atoms with Crippen molar-refractivity contribution in [3.05, 3.63) is 34.3 Å². The number of nitrogens with one attached hydrogen (secondary N) is 1. The van der Waals surface area contributed by atoms with E-state index < -0.39 is 0 Å². The number of carbonyl (C=O) groups is 1. The summed E-state index contributed by atoms with van der Waals surface area (Å²) in [6.07, 6.45) is 2.28. The molecule has 1 atom stereocenters. The van der Waals surface area contributed by atoms with Crippen LogP contribution in [0.25, 0.3) is 0 Å². The molecule has 2 rings (SSSR count). The van der Waals surface area contributed by atoms with Gasteiger partial charge in [0.05, 0.1) is 12.5 Å². The van der Waals surface area contributed by atoms with Gasteiger partial charge in [0.2, 0.25) is 5.91 Å². The first kappa shape index (κ1) is 13.9. The normalized spacial score (nSPS) is 17.0. The first-order valence-electron chi connectivity index (χ1n) is 6.11. The van der Waals surface area contributed by atoms with Gasteiger partial charge in [0.1, 0.15) is 0 Å². The van der Waals surface area contributed by atoms with Gasteiger partial charge >= 0.3 is 0 Å². The van der Waals surface area contributed by atoms with Crippen molar-refractivity contribution < 1.29 is 10.0 Å². The lowest BCUT2D eigenvalue weighted by atomic mass is 10.1. The molecule has 5 nitrogen and oxygen atoms in total. The molecule has 1 amide bonds. The summed E-state index contributed by atoms with van der Waals surface area (Å²) >= 11 is 3.37. The van der Waals surface area contributed by atoms with E-state index >= 15 is 0 Å². The second-order valence-corrected chi connectivity index (χ2v) is 5.63. The summed E-state index contributed by atoms with van der Waals surface area (Å²) in [6, 6.07) is 7.22. The van der Waals surface area contributed by atoms with Crippen LogP contribution in [0.1, 0.15) is 18.4 Å². The Hall–Kier alpha value is -1.56. The highest BCUT2D eigenvalue weighted by atomic mass is 79.9. The highest BCUT2D eigenvalue weighted by Gasteiger charge is 2.35. The Bertz CT molecular complexity index is 500. The van der Waals surface area contributed by atoms with Crippen molar-refractivity contribution in [3.8, 4) is 0 Å². The van der Waals surface area contributed by atoms with Gasteiger partial charge in [0.25, 0.3) is 0 Å². The molecule has 0 radical (unpaired) electrons. The second-order valence-electron chi connectivity index (χ2n) is 4.71. The number of halogens is 1. The van der Waals surface area contributed by atoms with Crippen molar-refractivity contribution in [2.75, 3.05) is 0 Å². The van der Waals surface area contributed by atoms with Crippen molar-refractivity contribution in [1.82, 2.24) is 5.32 Å². The third-order valence-corrected chi connectivity index (χ3v) is 3.59. The lowest BCUT2D eigenvalue weighted by Crippen LogP contribution is -2.46. The maximum Gasteiger partial charge on any atom is 0.225 e. The van der Waals surface area contributed by atoms with Crippen LogP contribution in [0, 0.1) is 5.92 Å². The number of nitrogens with zero attached hydrogens (tertiary/aromatic N) is 1. The Morgan fingerprint density at radius 1 is 1.58 bits per heavy atom. The number of amides is 1. The predicted octanol–water partition coefficient (Wildman–Crippen LogP) is 1.63. The summed E-state index contributed by atoms with van der Waals surface area (Å²) in [4.78, 5) is 12.0. The van der Waals surface area contributed by atoms with E-state index in [0.29, 0.717) is 5.92 Å². The van der Waals surface area contributed by atoms with Crippen molar-refractivity contribution in [3.63, 3.8) is 0 Å². The van der Waals surface area contributed by atoms with E-state index in [0.717, 1.165) is 22.9 Å². The van der Waals surface area contributed by atoms with Crippen LogP contribution < -0.4 is 11.1 Å². The van der Waals surface area contributed by atoms with E-state index in [1.165, 1.54) is 0 Å². The Morgan fingerprint density at radius 2 is 2.32 bits per heavy atom. The van der Waals surface area contributed by atoms with Gasteiger partial charge in [-0.1, -0.05) is 33.2 Å². The number of rotatable bonds is 5. The zero-order chi connectivity index (χ0) is 13.8. The second kappa shape index (κ2) is 6.06. The Labute approximate surface area is 120 Å². The molecule has 1 fully saturated rings. The molecule has 1 aromatic carbocycles. The SMILES string of the molecule is NC(=NO)C(NC(=O)Cc1cccc(Br)c1)C1CC1. The maximum atomic E-state index is 12.0. The molecule has 102 valence electrons. The van der Waals surface area contributed by atoms with E-state index in [4.69, 9.17) is 10.9 Å². The number of amidine groups is 1. The van der Waals surface area contributed by atoms with E-state index in [1.54, 1.807) is 0 Å². The van der Waals surface area contributed by atoms with Crippen molar-refractivity contribution in [1.29, 1.82) is 0 Å². The monoisotopic (exact) mass is 325 g/mol. The molecule has 1 saturated carbocycles. The van der Waals surface area contributed by atoms with Gasteiger partial charge in [-0.15, -0.1) is 0 Å². The Morgan fingerprint density at radius 3 is 2.89 bits per heavy atom. The van der Waals surface area contributed by atoms with Crippen LogP contribution in [-0.4, -0.2) is 23.0 Å². The fraction of sp³-hybridized carbons (Fsp3) is 0.385. The molecule has 1 unspecified atom stereocenters. The zero-order valence-corrected chi connectivity index (χ0v) is 11.9. The summed E-state index contributed by atoms with van der Waals surface area (Å²) in [5, 5.41) is 14.6. The topological polar surface area (TPSA) is 87.7 Å². The first-order chi connectivity index (χ1) is 9.10. The molecule has 0 saturated heterocycles. The van der Waals surface area contributed by atoms with Gasteiger partial charge < -0.3 is 16.3 Å². The minimum absolute atomic E-state index is 0.0742. The smallest absolute Gasteiger partial charge is 0.225 e. The lowest BCUT2D eigenvalue weighted by Gasteiger charge is -2.16. The van der Waals surface area contributed by atoms with Gasteiger partial charge in [-0.3, -0.25) is 4.79 Å². The van der Waals surface area contributed by atoms with E-state index in [9.17, 15) is 4.79 Å². The molecule has 0 spiro atoms. The standard InChI is InChI=1S/C13H16BrN3O2/c14-10-3-1-2-8(6-10)7-11(18)16-12(9-4-5-9)13(15)17-19/h1-3,6,9,12,19H,4-5,7H2,(H2,15,17)(H,16,18). The average molecular weight is 326 g/mol. The van der Waals surface area contributed by atoms with Gasteiger partial charge in [-0.05, 0) is 36.5 Å². The summed E-state index contributed by atoms with van der Waals surface area (Å²) in [5.41, 5.74) is 6.52. The van der Waals surface area contributed by atoms with Crippen LogP contribution in [0.15, 0.2) is 33.9 Å². The summed E-state index contributed by atoms with van der Waals surface area (Å²) < 4.78 is 0.938.